The van der Waals surface area contributed by atoms with Crippen LogP contribution in [0, 0.1) is 0 Å². The van der Waals surface area contributed by atoms with Gasteiger partial charge in [0.1, 0.15) is 0 Å². The van der Waals surface area contributed by atoms with Gasteiger partial charge in [-0.15, -0.1) is 0 Å². The lowest BCUT2D eigenvalue weighted by atomic mass is 10.0. The predicted molar refractivity (Wildman–Crippen MR) is 107 cm³/mol. The van der Waals surface area contributed by atoms with E-state index in [-0.39, 0.29) is 18.1 Å². The number of aliphatic carboxylic acids is 1. The van der Waals surface area contributed by atoms with Gasteiger partial charge in [0.2, 0.25) is 0 Å². The van der Waals surface area contributed by atoms with Gasteiger partial charge < -0.3 is 19.5 Å². The van der Waals surface area contributed by atoms with Gasteiger partial charge in [-0.05, 0) is 35.9 Å². The number of hydrogen-bond acceptors (Lipinski definition) is 6. The number of thiophene rings is 1. The first kappa shape index (κ1) is 24.8. The molecule has 7 nitrogen and oxygen atoms in total. The van der Waals surface area contributed by atoms with Crippen molar-refractivity contribution in [2.75, 3.05) is 26.9 Å². The van der Waals surface area contributed by atoms with E-state index < -0.39 is 12.1 Å². The Morgan fingerprint density at radius 1 is 1.32 bits per heavy atom. The lowest BCUT2D eigenvalue weighted by molar-refractivity contribution is -0.192. The Hall–Kier alpha value is -2.50. The van der Waals surface area contributed by atoms with E-state index in [9.17, 15) is 18.0 Å². The number of nitrogens with zero attached hydrogens (tertiary/aromatic N) is 2. The first-order chi connectivity index (χ1) is 14.7. The van der Waals surface area contributed by atoms with Gasteiger partial charge in [0.05, 0.1) is 30.9 Å². The summed E-state index contributed by atoms with van der Waals surface area (Å²) in [6.45, 7) is 1.83. The summed E-state index contributed by atoms with van der Waals surface area (Å²) in [5.41, 5.74) is 1.88. The van der Waals surface area contributed by atoms with Crippen LogP contribution in [0.5, 0.6) is 0 Å². The van der Waals surface area contributed by atoms with Crippen molar-refractivity contribution in [1.29, 1.82) is 0 Å². The smallest absolute Gasteiger partial charge is 0.475 e. The molecular weight excluding hydrogens is 437 g/mol. The Morgan fingerprint density at radius 3 is 2.61 bits per heavy atom. The third-order valence-electron chi connectivity index (χ3n) is 4.54. The first-order valence-electron chi connectivity index (χ1n) is 9.36. The average molecular weight is 460 g/mol. The number of rotatable bonds is 7. The number of hydrogen-bond donors (Lipinski definition) is 1. The minimum atomic E-state index is -5.08. The van der Waals surface area contributed by atoms with Gasteiger partial charge >= 0.3 is 12.1 Å². The molecule has 170 valence electrons. The number of carboxylic acids is 1. The van der Waals surface area contributed by atoms with Crippen molar-refractivity contribution in [3.8, 4) is 0 Å². The number of ether oxygens (including phenoxy) is 2. The lowest BCUT2D eigenvalue weighted by Crippen LogP contribution is -2.42. The van der Waals surface area contributed by atoms with E-state index in [4.69, 9.17) is 19.4 Å². The molecule has 0 radical (unpaired) electrons. The molecule has 3 heterocycles. The molecule has 1 amide bonds. The van der Waals surface area contributed by atoms with Crippen LogP contribution in [0.3, 0.4) is 0 Å². The number of likely N-dealkylation sites (tertiary alicyclic amines) is 1. The Bertz CT molecular complexity index is 818. The van der Waals surface area contributed by atoms with Crippen LogP contribution in [-0.2, 0) is 20.7 Å². The molecule has 2 aromatic rings. The summed E-state index contributed by atoms with van der Waals surface area (Å²) in [6.07, 6.45) is 0.172. The van der Waals surface area contributed by atoms with Crippen molar-refractivity contribution in [3.05, 3.63) is 52.5 Å². The molecule has 0 aromatic carbocycles. The molecular formula is C20H23F3N2O5S. The molecule has 0 saturated carbocycles. The number of methoxy groups -OCH3 is 1. The normalized spacial score (nSPS) is 18.4. The number of aromatic nitrogens is 1. The van der Waals surface area contributed by atoms with Gasteiger partial charge in [-0.2, -0.15) is 24.5 Å². The molecule has 1 aliphatic heterocycles. The van der Waals surface area contributed by atoms with Gasteiger partial charge in [0.25, 0.3) is 5.91 Å². The van der Waals surface area contributed by atoms with Gasteiger partial charge in [-0.1, -0.05) is 6.07 Å². The van der Waals surface area contributed by atoms with Gasteiger partial charge in [0.15, 0.2) is 0 Å². The molecule has 0 bridgehead atoms. The summed E-state index contributed by atoms with van der Waals surface area (Å²) < 4.78 is 42.8. The fourth-order valence-corrected chi connectivity index (χ4v) is 3.74. The summed E-state index contributed by atoms with van der Waals surface area (Å²) in [5.74, 6) is -2.67. The van der Waals surface area contributed by atoms with Crippen LogP contribution >= 0.6 is 11.3 Å². The average Bonchev–Trinajstić information content (AvgIpc) is 3.39. The van der Waals surface area contributed by atoms with E-state index in [1.807, 2.05) is 40.1 Å². The second-order valence-electron chi connectivity index (χ2n) is 6.64. The van der Waals surface area contributed by atoms with Crippen LogP contribution in [0.1, 0.15) is 22.3 Å². The molecule has 2 atom stereocenters. The number of alkyl halides is 3. The maximum atomic E-state index is 12.8. The number of halogens is 3. The fraction of sp³-hybridized carbons (Fsp3) is 0.450. The largest absolute Gasteiger partial charge is 0.490 e. The quantitative estimate of drug-likeness (QED) is 0.638. The minimum Gasteiger partial charge on any atom is -0.475 e. The number of carboxylic acid groups (broad SMARTS) is 1. The van der Waals surface area contributed by atoms with Gasteiger partial charge in [-0.25, -0.2) is 4.79 Å². The number of amides is 1. The third kappa shape index (κ3) is 7.60. The van der Waals surface area contributed by atoms with Gasteiger partial charge in [-0.3, -0.25) is 9.78 Å². The summed E-state index contributed by atoms with van der Waals surface area (Å²) >= 11 is 1.54. The Morgan fingerprint density at radius 2 is 2.06 bits per heavy atom. The first-order valence-corrected chi connectivity index (χ1v) is 10.3. The van der Waals surface area contributed by atoms with Gasteiger partial charge in [0, 0.05) is 31.4 Å². The summed E-state index contributed by atoms with van der Waals surface area (Å²) in [5, 5.41) is 11.0. The highest BCUT2D eigenvalue weighted by Gasteiger charge is 2.39. The number of carbonyl (C=O) groups is 2. The van der Waals surface area contributed by atoms with Crippen LogP contribution in [0.4, 0.5) is 13.2 Å². The molecule has 0 unspecified atom stereocenters. The standard InChI is InChI=1S/C18H22N2O3S.C2HF3O2/c1-22-8-9-23-17-4-7-20(18(21)15-5-10-24-13-15)16(17)11-14-3-2-6-19-12-14;3-2(4,5)1(6)7/h2-3,5-6,10,12-13,16-17H,4,7-9,11H2,1H3;(H,6,7)/t16-,17-;/m0./s1. The zero-order chi connectivity index (χ0) is 22.9. The SMILES string of the molecule is COCCO[C@H]1CCN(C(=O)c2ccsc2)[C@H]1Cc1cccnc1.O=C(O)C(F)(F)F. The fourth-order valence-electron chi connectivity index (χ4n) is 3.11. The second-order valence-corrected chi connectivity index (χ2v) is 7.42. The van der Waals surface area contributed by atoms with Crippen LogP contribution in [0.15, 0.2) is 41.4 Å². The molecule has 0 spiro atoms. The van der Waals surface area contributed by atoms with E-state index in [0.29, 0.717) is 13.2 Å². The molecule has 2 aromatic heterocycles. The van der Waals surface area contributed by atoms with Crippen LogP contribution in [0.25, 0.3) is 0 Å². The van der Waals surface area contributed by atoms with E-state index in [0.717, 1.165) is 30.5 Å². The summed E-state index contributed by atoms with van der Waals surface area (Å²) in [4.78, 5) is 27.9. The summed E-state index contributed by atoms with van der Waals surface area (Å²) in [6, 6.07) is 5.88. The van der Waals surface area contributed by atoms with Crippen LogP contribution in [-0.4, -0.2) is 72.1 Å². The maximum Gasteiger partial charge on any atom is 0.490 e. The predicted octanol–water partition coefficient (Wildman–Crippen LogP) is 3.27. The molecule has 1 saturated heterocycles. The van der Waals surface area contributed by atoms with E-state index in [1.54, 1.807) is 24.6 Å². The van der Waals surface area contributed by atoms with Crippen molar-refractivity contribution in [2.45, 2.75) is 31.2 Å². The van der Waals surface area contributed by atoms with Crippen LogP contribution < -0.4 is 0 Å². The van der Waals surface area contributed by atoms with Crippen LogP contribution in [0.2, 0.25) is 0 Å². The molecule has 0 aliphatic carbocycles. The highest BCUT2D eigenvalue weighted by atomic mass is 32.1. The zero-order valence-corrected chi connectivity index (χ0v) is 17.6. The van der Waals surface area contributed by atoms with E-state index >= 15 is 0 Å². The highest BCUT2D eigenvalue weighted by molar-refractivity contribution is 7.08. The lowest BCUT2D eigenvalue weighted by Gasteiger charge is -2.28. The number of pyridine rings is 1. The second kappa shape index (κ2) is 11.8. The monoisotopic (exact) mass is 460 g/mol. The number of carbonyl (C=O) groups excluding carboxylic acids is 1. The van der Waals surface area contributed by atoms with Crippen molar-refractivity contribution in [2.24, 2.45) is 0 Å². The summed E-state index contributed by atoms with van der Waals surface area (Å²) in [7, 11) is 1.66. The third-order valence-corrected chi connectivity index (χ3v) is 5.23. The van der Waals surface area contributed by atoms with Crippen molar-refractivity contribution < 1.29 is 37.3 Å². The maximum absolute atomic E-state index is 12.8. The van der Waals surface area contributed by atoms with E-state index in [1.165, 1.54) is 0 Å². The van der Waals surface area contributed by atoms with Crippen molar-refractivity contribution in [3.63, 3.8) is 0 Å². The molecule has 3 rings (SSSR count). The molecule has 11 heteroatoms. The Kier molecular flexibility index (Phi) is 9.41. The zero-order valence-electron chi connectivity index (χ0n) is 16.7. The van der Waals surface area contributed by atoms with Crippen molar-refractivity contribution >= 4 is 23.2 Å². The topological polar surface area (TPSA) is 89.0 Å². The molecule has 1 aliphatic rings. The molecule has 31 heavy (non-hydrogen) atoms. The minimum absolute atomic E-state index is 0.0263. The Balaban J connectivity index is 0.000000423. The van der Waals surface area contributed by atoms with Crippen molar-refractivity contribution in [1.82, 2.24) is 9.88 Å². The molecule has 1 fully saturated rings. The highest BCUT2D eigenvalue weighted by Crippen LogP contribution is 2.26. The Labute approximate surface area is 181 Å². The van der Waals surface area contributed by atoms with E-state index in [2.05, 4.69) is 4.98 Å². The molecule has 1 N–H and O–H groups in total.